The number of rotatable bonds is 2. The van der Waals surface area contributed by atoms with E-state index >= 15 is 0 Å². The van der Waals surface area contributed by atoms with Gasteiger partial charge in [-0.05, 0) is 13.3 Å². The molecule has 35 valence electrons. The van der Waals surface area contributed by atoms with E-state index in [9.17, 15) is 0 Å². The Bertz CT molecular complexity index is 39.2. The van der Waals surface area contributed by atoms with Crippen LogP contribution >= 0.6 is 0 Å². The van der Waals surface area contributed by atoms with Gasteiger partial charge in [-0.1, -0.05) is 12.2 Å². The number of aliphatic hydroxyl groups is 1. The molecule has 0 atom stereocenters. The van der Waals surface area contributed by atoms with Crippen molar-refractivity contribution in [3.8, 4) is 0 Å². The zero-order valence-corrected chi connectivity index (χ0v) is 3.72. The summed E-state index contributed by atoms with van der Waals surface area (Å²) in [6.45, 7) is 3.66. The molecule has 0 saturated carbocycles. The fourth-order valence-corrected chi connectivity index (χ4v) is 0.192. The van der Waals surface area contributed by atoms with Crippen molar-refractivity contribution in [2.75, 3.05) is 6.61 Å². The first-order valence-electron chi connectivity index (χ1n) is 1.97. The van der Waals surface area contributed by atoms with Crippen LogP contribution in [-0.4, -0.2) is 11.7 Å². The van der Waals surface area contributed by atoms with E-state index in [2.05, 4.69) is 6.92 Å². The molecule has 0 aromatic heterocycles. The van der Waals surface area contributed by atoms with Gasteiger partial charge in [0.1, 0.15) is 0 Å². The van der Waals surface area contributed by atoms with Gasteiger partial charge in [0.25, 0.3) is 0 Å². The van der Waals surface area contributed by atoms with Gasteiger partial charge in [0, 0.05) is 6.61 Å². The van der Waals surface area contributed by atoms with Crippen molar-refractivity contribution in [2.45, 2.75) is 6.42 Å². The van der Waals surface area contributed by atoms with Crippen LogP contribution in [-0.2, 0) is 0 Å². The number of allylic oxidation sites excluding steroid dienone is 1. The Morgan fingerprint density at radius 3 is 2.50 bits per heavy atom. The van der Waals surface area contributed by atoms with Gasteiger partial charge < -0.3 is 5.11 Å². The minimum atomic E-state index is 0.228. The summed E-state index contributed by atoms with van der Waals surface area (Å²) in [4.78, 5) is 0. The molecule has 1 heteroatoms. The number of hydrogen-bond acceptors (Lipinski definition) is 1. The first-order valence-corrected chi connectivity index (χ1v) is 1.97. The lowest BCUT2D eigenvalue weighted by molar-refractivity contribution is 0.302. The third-order valence-electron chi connectivity index (χ3n) is 0.462. The molecule has 0 heterocycles. The van der Waals surface area contributed by atoms with Crippen LogP contribution in [0.2, 0.25) is 0 Å². The molecule has 0 spiro atoms. The first-order chi connectivity index (χ1) is 2.91. The van der Waals surface area contributed by atoms with Crippen molar-refractivity contribution in [2.24, 2.45) is 0 Å². The van der Waals surface area contributed by atoms with Crippen LogP contribution in [0.25, 0.3) is 0 Å². The molecule has 1 radical (unpaired) electrons. The Hall–Kier alpha value is -0.300. The molecule has 0 aromatic rings. The standard InChI is InChI=1S/C5H9O/c1-2-3-4-5-6/h2-3,6H,1,4-5H2/b3-2-. The topological polar surface area (TPSA) is 20.2 Å². The predicted molar refractivity (Wildman–Crippen MR) is 26.2 cm³/mol. The van der Waals surface area contributed by atoms with Crippen LogP contribution in [0.1, 0.15) is 6.42 Å². The van der Waals surface area contributed by atoms with E-state index in [-0.39, 0.29) is 6.61 Å². The molecule has 0 rings (SSSR count). The molecule has 1 nitrogen and oxygen atoms in total. The summed E-state index contributed by atoms with van der Waals surface area (Å²) in [5.41, 5.74) is 0. The second-order valence-corrected chi connectivity index (χ2v) is 0.984. The number of aliphatic hydroxyl groups excluding tert-OH is 1. The van der Waals surface area contributed by atoms with Crippen LogP contribution in [0, 0.1) is 6.92 Å². The highest BCUT2D eigenvalue weighted by molar-refractivity contribution is 4.82. The van der Waals surface area contributed by atoms with Gasteiger partial charge >= 0.3 is 0 Å². The van der Waals surface area contributed by atoms with Gasteiger partial charge in [-0.15, -0.1) is 0 Å². The van der Waals surface area contributed by atoms with Gasteiger partial charge in [0.05, 0.1) is 0 Å². The summed E-state index contributed by atoms with van der Waals surface area (Å²) < 4.78 is 0. The summed E-state index contributed by atoms with van der Waals surface area (Å²) in [7, 11) is 0. The molecule has 6 heavy (non-hydrogen) atoms. The maximum absolute atomic E-state index is 8.12. The van der Waals surface area contributed by atoms with Crippen molar-refractivity contribution in [1.82, 2.24) is 0 Å². The Labute approximate surface area is 38.3 Å². The van der Waals surface area contributed by atoms with Crippen LogP contribution in [0.4, 0.5) is 0 Å². The quantitative estimate of drug-likeness (QED) is 0.524. The molecule has 0 aliphatic heterocycles. The smallest absolute Gasteiger partial charge is 0.0465 e. The second kappa shape index (κ2) is 4.70. The predicted octanol–water partition coefficient (Wildman–Crippen LogP) is 0.759. The third kappa shape index (κ3) is 3.70. The van der Waals surface area contributed by atoms with Crippen molar-refractivity contribution in [3.05, 3.63) is 19.1 Å². The lowest BCUT2D eigenvalue weighted by Gasteiger charge is -1.76. The average Bonchev–Trinajstić information content (AvgIpc) is 1.61. The van der Waals surface area contributed by atoms with Crippen molar-refractivity contribution >= 4 is 0 Å². The second-order valence-electron chi connectivity index (χ2n) is 0.984. The summed E-state index contributed by atoms with van der Waals surface area (Å²) >= 11 is 0. The van der Waals surface area contributed by atoms with Crippen LogP contribution < -0.4 is 0 Å². The Morgan fingerprint density at radius 2 is 2.33 bits per heavy atom. The molecule has 0 aliphatic carbocycles. The van der Waals surface area contributed by atoms with Crippen molar-refractivity contribution in [1.29, 1.82) is 0 Å². The minimum Gasteiger partial charge on any atom is -0.396 e. The largest absolute Gasteiger partial charge is 0.396 e. The molecule has 1 N–H and O–H groups in total. The van der Waals surface area contributed by atoms with Gasteiger partial charge in [0.15, 0.2) is 0 Å². The SMILES string of the molecule is [CH2]/C=C\CCO. The highest BCUT2D eigenvalue weighted by atomic mass is 16.2. The molecule has 0 saturated heterocycles. The summed E-state index contributed by atoms with van der Waals surface area (Å²) in [5, 5.41) is 8.12. The zero-order chi connectivity index (χ0) is 4.83. The molecule has 0 fully saturated rings. The average molecular weight is 85.1 g/mol. The molecule has 0 unspecified atom stereocenters. The van der Waals surface area contributed by atoms with Gasteiger partial charge in [-0.2, -0.15) is 0 Å². The highest BCUT2D eigenvalue weighted by Gasteiger charge is 1.65. The fraction of sp³-hybridized carbons (Fsp3) is 0.400. The van der Waals surface area contributed by atoms with E-state index in [0.717, 1.165) is 6.42 Å². The molecular weight excluding hydrogens is 76.1 g/mol. The van der Waals surface area contributed by atoms with Crippen LogP contribution in [0.5, 0.6) is 0 Å². The van der Waals surface area contributed by atoms with E-state index in [0.29, 0.717) is 0 Å². The lowest BCUT2D eigenvalue weighted by atomic mass is 10.4. The number of hydrogen-bond donors (Lipinski definition) is 1. The van der Waals surface area contributed by atoms with Crippen LogP contribution in [0.3, 0.4) is 0 Å². The van der Waals surface area contributed by atoms with E-state index in [1.165, 1.54) is 0 Å². The molecule has 0 aliphatic rings. The van der Waals surface area contributed by atoms with E-state index < -0.39 is 0 Å². The molecular formula is C5H9O. The van der Waals surface area contributed by atoms with E-state index in [1.54, 1.807) is 6.08 Å². The van der Waals surface area contributed by atoms with Crippen LogP contribution in [0.15, 0.2) is 12.2 Å². The summed E-state index contributed by atoms with van der Waals surface area (Å²) in [6.07, 6.45) is 4.22. The van der Waals surface area contributed by atoms with Crippen molar-refractivity contribution < 1.29 is 5.11 Å². The third-order valence-corrected chi connectivity index (χ3v) is 0.462. The fourth-order valence-electron chi connectivity index (χ4n) is 0.192. The van der Waals surface area contributed by atoms with Gasteiger partial charge in [-0.25, -0.2) is 0 Å². The monoisotopic (exact) mass is 85.1 g/mol. The molecule has 0 bridgehead atoms. The highest BCUT2D eigenvalue weighted by Crippen LogP contribution is 1.75. The Kier molecular flexibility index (Phi) is 4.46. The van der Waals surface area contributed by atoms with Gasteiger partial charge in [0.2, 0.25) is 0 Å². The van der Waals surface area contributed by atoms with E-state index in [1.807, 2.05) is 6.08 Å². The maximum atomic E-state index is 8.12. The summed E-state index contributed by atoms with van der Waals surface area (Å²) in [6, 6.07) is 0. The molecule has 0 amide bonds. The zero-order valence-electron chi connectivity index (χ0n) is 3.72. The Morgan fingerprint density at radius 1 is 1.67 bits per heavy atom. The van der Waals surface area contributed by atoms with Crippen molar-refractivity contribution in [3.63, 3.8) is 0 Å². The first kappa shape index (κ1) is 5.70. The summed E-state index contributed by atoms with van der Waals surface area (Å²) in [5.74, 6) is 0. The van der Waals surface area contributed by atoms with E-state index in [4.69, 9.17) is 5.11 Å². The maximum Gasteiger partial charge on any atom is 0.0465 e. The van der Waals surface area contributed by atoms with Gasteiger partial charge in [-0.3, -0.25) is 0 Å². The lowest BCUT2D eigenvalue weighted by Crippen LogP contribution is -1.73. The normalized spacial score (nSPS) is 10.3. The minimum absolute atomic E-state index is 0.228. The Balaban J connectivity index is 2.66. The molecule has 0 aromatic carbocycles.